The summed E-state index contributed by atoms with van der Waals surface area (Å²) in [5.74, 6) is -0.770. The van der Waals surface area contributed by atoms with E-state index in [2.05, 4.69) is 31.5 Å². The number of carbonyl (C=O) groups is 3. The molecular formula is C20H20N6O3. The van der Waals surface area contributed by atoms with Gasteiger partial charge in [-0.2, -0.15) is 5.10 Å². The van der Waals surface area contributed by atoms with Gasteiger partial charge in [0.25, 0.3) is 11.8 Å². The molecule has 0 saturated heterocycles. The Morgan fingerprint density at radius 2 is 1.86 bits per heavy atom. The summed E-state index contributed by atoms with van der Waals surface area (Å²) >= 11 is 0. The van der Waals surface area contributed by atoms with E-state index in [1.54, 1.807) is 37.5 Å². The number of benzene rings is 2. The fraction of sp³-hybridized carbons (Fsp3) is 0.150. The maximum absolute atomic E-state index is 12.2. The van der Waals surface area contributed by atoms with Crippen LogP contribution in [0.1, 0.15) is 22.3 Å². The molecule has 3 rings (SSSR count). The predicted molar refractivity (Wildman–Crippen MR) is 110 cm³/mol. The van der Waals surface area contributed by atoms with Gasteiger partial charge in [-0.15, -0.1) is 0 Å². The number of rotatable bonds is 6. The summed E-state index contributed by atoms with van der Waals surface area (Å²) in [6.45, 7) is 0. The second-order valence-electron chi connectivity index (χ2n) is 6.17. The largest absolute Gasteiger partial charge is 0.355 e. The minimum absolute atomic E-state index is 0.114. The topological polar surface area (TPSA) is 124 Å². The normalized spacial score (nSPS) is 15.6. The van der Waals surface area contributed by atoms with E-state index in [4.69, 9.17) is 0 Å². The van der Waals surface area contributed by atoms with Crippen LogP contribution in [0.15, 0.2) is 64.7 Å². The lowest BCUT2D eigenvalue weighted by Crippen LogP contribution is -2.35. The van der Waals surface area contributed by atoms with E-state index < -0.39 is 6.04 Å². The molecule has 0 aliphatic carbocycles. The zero-order valence-corrected chi connectivity index (χ0v) is 15.7. The van der Waals surface area contributed by atoms with Gasteiger partial charge in [0, 0.05) is 18.3 Å². The molecule has 0 bridgehead atoms. The van der Waals surface area contributed by atoms with E-state index in [9.17, 15) is 14.4 Å². The SMILES string of the molecule is CNC(=O)c1ccc(NC(=O)C[C@@H]2N=C(N/N=C\c3ccccc3)NC2=O)cc1. The number of carbonyl (C=O) groups excluding carboxylic acids is 3. The first-order valence-corrected chi connectivity index (χ1v) is 8.90. The monoisotopic (exact) mass is 392 g/mol. The molecular weight excluding hydrogens is 372 g/mol. The summed E-state index contributed by atoms with van der Waals surface area (Å²) in [6.07, 6.45) is 1.48. The molecule has 1 aliphatic heterocycles. The van der Waals surface area contributed by atoms with Crippen LogP contribution in [0.5, 0.6) is 0 Å². The third-order valence-electron chi connectivity index (χ3n) is 4.05. The number of aliphatic imine (C=N–C) groups is 1. The van der Waals surface area contributed by atoms with Crippen LogP contribution in [0, 0.1) is 0 Å². The fourth-order valence-corrected chi connectivity index (χ4v) is 2.59. The molecule has 0 radical (unpaired) electrons. The molecule has 4 N–H and O–H groups in total. The highest BCUT2D eigenvalue weighted by Gasteiger charge is 2.28. The molecule has 148 valence electrons. The molecule has 1 heterocycles. The minimum atomic E-state index is -0.838. The maximum atomic E-state index is 12.2. The third-order valence-corrected chi connectivity index (χ3v) is 4.05. The van der Waals surface area contributed by atoms with Crippen molar-refractivity contribution in [3.05, 3.63) is 65.7 Å². The Balaban J connectivity index is 1.52. The van der Waals surface area contributed by atoms with E-state index in [-0.39, 0.29) is 30.1 Å². The van der Waals surface area contributed by atoms with Crippen LogP contribution >= 0.6 is 0 Å². The molecule has 1 atom stereocenters. The van der Waals surface area contributed by atoms with Crippen molar-refractivity contribution in [2.75, 3.05) is 12.4 Å². The first kappa shape index (κ1) is 19.7. The van der Waals surface area contributed by atoms with Gasteiger partial charge in [0.05, 0.1) is 12.6 Å². The Kier molecular flexibility index (Phi) is 6.31. The van der Waals surface area contributed by atoms with E-state index in [0.29, 0.717) is 11.3 Å². The van der Waals surface area contributed by atoms with Gasteiger partial charge in [-0.1, -0.05) is 30.3 Å². The van der Waals surface area contributed by atoms with Crippen molar-refractivity contribution in [2.45, 2.75) is 12.5 Å². The molecule has 9 heteroatoms. The second kappa shape index (κ2) is 9.27. The first-order chi connectivity index (χ1) is 14.0. The van der Waals surface area contributed by atoms with Crippen LogP contribution < -0.4 is 21.4 Å². The molecule has 0 unspecified atom stereocenters. The number of nitrogens with one attached hydrogen (secondary N) is 4. The number of amides is 3. The van der Waals surface area contributed by atoms with E-state index in [1.165, 1.54) is 0 Å². The predicted octanol–water partition coefficient (Wildman–Crippen LogP) is 0.853. The highest BCUT2D eigenvalue weighted by atomic mass is 16.2. The van der Waals surface area contributed by atoms with Crippen LogP contribution in [0.4, 0.5) is 5.69 Å². The van der Waals surface area contributed by atoms with Crippen molar-refractivity contribution in [2.24, 2.45) is 10.1 Å². The molecule has 29 heavy (non-hydrogen) atoms. The zero-order valence-electron chi connectivity index (χ0n) is 15.7. The van der Waals surface area contributed by atoms with Gasteiger partial charge in [-0.05, 0) is 29.8 Å². The van der Waals surface area contributed by atoms with Crippen molar-refractivity contribution in [1.82, 2.24) is 16.1 Å². The van der Waals surface area contributed by atoms with Crippen molar-refractivity contribution < 1.29 is 14.4 Å². The summed E-state index contributed by atoms with van der Waals surface area (Å²) in [4.78, 5) is 39.9. The second-order valence-corrected chi connectivity index (χ2v) is 6.17. The Bertz CT molecular complexity index is 954. The van der Waals surface area contributed by atoms with Gasteiger partial charge < -0.3 is 10.6 Å². The molecule has 1 aliphatic rings. The number of anilines is 1. The van der Waals surface area contributed by atoms with Gasteiger partial charge in [0.15, 0.2) is 0 Å². The first-order valence-electron chi connectivity index (χ1n) is 8.90. The van der Waals surface area contributed by atoms with Gasteiger partial charge in [0.2, 0.25) is 11.9 Å². The average Bonchev–Trinajstić information content (AvgIpc) is 3.07. The van der Waals surface area contributed by atoms with Gasteiger partial charge >= 0.3 is 0 Å². The number of guanidine groups is 1. The smallest absolute Gasteiger partial charge is 0.252 e. The Morgan fingerprint density at radius 1 is 1.14 bits per heavy atom. The lowest BCUT2D eigenvalue weighted by Gasteiger charge is -2.07. The van der Waals surface area contributed by atoms with E-state index in [1.807, 2.05) is 30.3 Å². The quantitative estimate of drug-likeness (QED) is 0.430. The lowest BCUT2D eigenvalue weighted by atomic mass is 10.1. The number of hydrazone groups is 1. The Morgan fingerprint density at radius 3 is 2.55 bits per heavy atom. The van der Waals surface area contributed by atoms with Crippen molar-refractivity contribution in [1.29, 1.82) is 0 Å². The third kappa shape index (κ3) is 5.48. The Hall–Kier alpha value is -4.01. The zero-order chi connectivity index (χ0) is 20.6. The van der Waals surface area contributed by atoms with Gasteiger partial charge in [-0.25, -0.2) is 10.4 Å². The summed E-state index contributed by atoms with van der Waals surface area (Å²) in [6, 6.07) is 15.0. The minimum Gasteiger partial charge on any atom is -0.355 e. The highest BCUT2D eigenvalue weighted by molar-refractivity contribution is 6.07. The average molecular weight is 392 g/mol. The van der Waals surface area contributed by atoms with Crippen LogP contribution in [0.3, 0.4) is 0 Å². The molecule has 0 spiro atoms. The Labute approximate surface area is 167 Å². The van der Waals surface area contributed by atoms with Crippen LogP contribution in [0.25, 0.3) is 0 Å². The van der Waals surface area contributed by atoms with E-state index >= 15 is 0 Å². The van der Waals surface area contributed by atoms with Gasteiger partial charge in [-0.3, -0.25) is 19.7 Å². The molecule has 9 nitrogen and oxygen atoms in total. The lowest BCUT2D eigenvalue weighted by molar-refractivity contribution is -0.123. The summed E-state index contributed by atoms with van der Waals surface area (Å²) < 4.78 is 0. The van der Waals surface area contributed by atoms with E-state index in [0.717, 1.165) is 5.56 Å². The van der Waals surface area contributed by atoms with Crippen LogP contribution in [0.2, 0.25) is 0 Å². The van der Waals surface area contributed by atoms with Crippen molar-refractivity contribution in [3.8, 4) is 0 Å². The number of hydrogen-bond acceptors (Lipinski definition) is 6. The van der Waals surface area contributed by atoms with Crippen molar-refractivity contribution in [3.63, 3.8) is 0 Å². The molecule has 0 aromatic heterocycles. The molecule has 0 saturated carbocycles. The maximum Gasteiger partial charge on any atom is 0.252 e. The summed E-state index contributed by atoms with van der Waals surface area (Å²) in [5, 5.41) is 11.8. The van der Waals surface area contributed by atoms with Crippen LogP contribution in [-0.2, 0) is 9.59 Å². The van der Waals surface area contributed by atoms with Crippen LogP contribution in [-0.4, -0.2) is 43.0 Å². The standard InChI is InChI=1S/C20H20N6O3/c1-21-18(28)14-7-9-15(10-8-14)23-17(27)11-16-19(29)25-20(24-16)26-22-12-13-5-3-2-4-6-13/h2-10,12,16H,11H2,1H3,(H,21,28)(H,23,27)(H2,24,25,26,29)/b22-12-/t16-/m0/s1. The highest BCUT2D eigenvalue weighted by Crippen LogP contribution is 2.12. The molecule has 2 aromatic rings. The fourth-order valence-electron chi connectivity index (χ4n) is 2.59. The molecule has 2 aromatic carbocycles. The molecule has 0 fully saturated rings. The summed E-state index contributed by atoms with van der Waals surface area (Å²) in [5.41, 5.74) is 4.55. The van der Waals surface area contributed by atoms with Gasteiger partial charge in [0.1, 0.15) is 6.04 Å². The summed E-state index contributed by atoms with van der Waals surface area (Å²) in [7, 11) is 1.54. The number of nitrogens with zero attached hydrogens (tertiary/aromatic N) is 2. The number of hydrogen-bond donors (Lipinski definition) is 4. The molecule has 3 amide bonds. The van der Waals surface area contributed by atoms with Crippen molar-refractivity contribution >= 4 is 35.6 Å².